The maximum absolute atomic E-state index is 12.5. The largest absolute Gasteiger partial charge is 0.465 e. The molecule has 1 aliphatic rings. The lowest BCUT2D eigenvalue weighted by atomic mass is 10.2. The van der Waals surface area contributed by atoms with Crippen molar-refractivity contribution in [3.8, 4) is 0 Å². The second-order valence-corrected chi connectivity index (χ2v) is 8.22. The highest BCUT2D eigenvalue weighted by Crippen LogP contribution is 2.36. The lowest BCUT2D eigenvalue weighted by molar-refractivity contribution is 0.0337. The molecule has 0 unspecified atom stereocenters. The van der Waals surface area contributed by atoms with Gasteiger partial charge in [-0.1, -0.05) is 6.07 Å². The molecule has 3 aromatic heterocycles. The average Bonchev–Trinajstić information content (AvgIpc) is 3.37. The molecule has 0 spiro atoms. The Bertz CT molecular complexity index is 994. The van der Waals surface area contributed by atoms with E-state index in [1.54, 1.807) is 6.07 Å². The summed E-state index contributed by atoms with van der Waals surface area (Å²) in [7, 11) is 1.33. The number of carbonyl (C=O) groups excluding carboxylic acids is 2. The van der Waals surface area contributed by atoms with E-state index >= 15 is 0 Å². The van der Waals surface area contributed by atoms with E-state index in [1.807, 2.05) is 23.6 Å². The number of nitrogens with one attached hydrogen (secondary N) is 1. The molecule has 0 atom stereocenters. The van der Waals surface area contributed by atoms with Crippen LogP contribution in [0.1, 0.15) is 25.0 Å². The smallest absolute Gasteiger partial charge is 0.350 e. The van der Waals surface area contributed by atoms with E-state index in [-0.39, 0.29) is 5.91 Å². The highest BCUT2D eigenvalue weighted by molar-refractivity contribution is 7.21. The highest BCUT2D eigenvalue weighted by Gasteiger charge is 2.23. The number of morpholine rings is 1. The van der Waals surface area contributed by atoms with E-state index in [0.29, 0.717) is 20.3 Å². The number of thiophene rings is 2. The van der Waals surface area contributed by atoms with E-state index in [1.165, 1.54) is 29.8 Å². The molecule has 1 saturated heterocycles. The Labute approximate surface area is 169 Å². The summed E-state index contributed by atoms with van der Waals surface area (Å²) < 4.78 is 10.3. The van der Waals surface area contributed by atoms with E-state index in [2.05, 4.69) is 10.2 Å². The standard InChI is InChI=1S/C19H19N3O4S2/c1-25-19(24)16-15(21-17(23)14-3-2-10-27-14)13-5-4-12(20-18(13)28-16)11-22-6-8-26-9-7-22/h2-5,10H,6-9,11H2,1H3,(H,21,23). The Hall–Kier alpha value is -2.33. The zero-order chi connectivity index (χ0) is 19.5. The van der Waals surface area contributed by atoms with E-state index < -0.39 is 5.97 Å². The Morgan fingerprint density at radius 3 is 2.82 bits per heavy atom. The van der Waals surface area contributed by atoms with Crippen molar-refractivity contribution >= 4 is 50.5 Å². The number of fused-ring (bicyclic) bond motifs is 1. The number of amides is 1. The number of carbonyl (C=O) groups is 2. The summed E-state index contributed by atoms with van der Waals surface area (Å²) in [5.74, 6) is -0.739. The van der Waals surface area contributed by atoms with E-state index in [4.69, 9.17) is 14.5 Å². The van der Waals surface area contributed by atoms with Crippen molar-refractivity contribution < 1.29 is 19.1 Å². The normalized spacial score (nSPS) is 14.9. The fourth-order valence-electron chi connectivity index (χ4n) is 3.04. The van der Waals surface area contributed by atoms with Crippen LogP contribution in [0, 0.1) is 0 Å². The fraction of sp³-hybridized carbons (Fsp3) is 0.316. The van der Waals surface area contributed by atoms with Gasteiger partial charge in [0, 0.05) is 25.0 Å². The van der Waals surface area contributed by atoms with Crippen LogP contribution in [0.2, 0.25) is 0 Å². The predicted octanol–water partition coefficient (Wildman–Crippen LogP) is 3.23. The van der Waals surface area contributed by atoms with Gasteiger partial charge in [0.1, 0.15) is 9.71 Å². The molecule has 1 N–H and O–H groups in total. The number of nitrogens with zero attached hydrogens (tertiary/aromatic N) is 2. The molecule has 0 radical (unpaired) electrons. The summed E-state index contributed by atoms with van der Waals surface area (Å²) in [6.45, 7) is 3.93. The number of hydrogen-bond acceptors (Lipinski definition) is 8. The van der Waals surface area contributed by atoms with E-state index in [9.17, 15) is 9.59 Å². The minimum Gasteiger partial charge on any atom is -0.465 e. The molecule has 4 heterocycles. The second-order valence-electron chi connectivity index (χ2n) is 6.27. The van der Waals surface area contributed by atoms with Gasteiger partial charge in [0.15, 0.2) is 0 Å². The van der Waals surface area contributed by atoms with Crippen LogP contribution in [-0.4, -0.2) is 55.2 Å². The molecule has 7 nitrogen and oxygen atoms in total. The van der Waals surface area contributed by atoms with Crippen molar-refractivity contribution in [1.82, 2.24) is 9.88 Å². The van der Waals surface area contributed by atoms with Crippen molar-refractivity contribution in [2.75, 3.05) is 38.7 Å². The van der Waals surface area contributed by atoms with Crippen molar-refractivity contribution in [2.24, 2.45) is 0 Å². The van der Waals surface area contributed by atoms with Gasteiger partial charge >= 0.3 is 5.97 Å². The van der Waals surface area contributed by atoms with Crippen LogP contribution < -0.4 is 5.32 Å². The number of aromatic nitrogens is 1. The number of ether oxygens (including phenoxy) is 2. The third-order valence-corrected chi connectivity index (χ3v) is 6.40. The first-order valence-corrected chi connectivity index (χ1v) is 10.5. The number of esters is 1. The van der Waals surface area contributed by atoms with Gasteiger partial charge in [-0.3, -0.25) is 9.69 Å². The van der Waals surface area contributed by atoms with Crippen LogP contribution in [0.4, 0.5) is 5.69 Å². The summed E-state index contributed by atoms with van der Waals surface area (Å²) in [6.07, 6.45) is 0. The van der Waals surface area contributed by atoms with Gasteiger partial charge in [-0.2, -0.15) is 0 Å². The zero-order valence-corrected chi connectivity index (χ0v) is 16.9. The predicted molar refractivity (Wildman–Crippen MR) is 109 cm³/mol. The van der Waals surface area contributed by atoms with E-state index in [0.717, 1.165) is 43.9 Å². The van der Waals surface area contributed by atoms with Gasteiger partial charge in [-0.25, -0.2) is 9.78 Å². The Balaban J connectivity index is 1.66. The molecule has 1 amide bonds. The first-order chi connectivity index (χ1) is 13.7. The molecule has 0 aromatic carbocycles. The third kappa shape index (κ3) is 3.93. The Kier molecular flexibility index (Phi) is 5.67. The molecule has 0 aliphatic carbocycles. The number of rotatable bonds is 5. The minimum atomic E-state index is -0.487. The van der Waals surface area contributed by atoms with Crippen molar-refractivity contribution in [2.45, 2.75) is 6.54 Å². The molecule has 0 bridgehead atoms. The van der Waals surface area contributed by atoms with Crippen molar-refractivity contribution in [3.63, 3.8) is 0 Å². The molecule has 1 fully saturated rings. The van der Waals surface area contributed by atoms with Crippen LogP contribution >= 0.6 is 22.7 Å². The summed E-state index contributed by atoms with van der Waals surface area (Å²) >= 11 is 2.58. The third-order valence-electron chi connectivity index (χ3n) is 4.46. The van der Waals surface area contributed by atoms with Gasteiger partial charge in [-0.05, 0) is 23.6 Å². The molecule has 1 aliphatic heterocycles. The quantitative estimate of drug-likeness (QED) is 0.642. The minimum absolute atomic E-state index is 0.253. The summed E-state index contributed by atoms with van der Waals surface area (Å²) in [4.78, 5) is 33.4. The van der Waals surface area contributed by atoms with Gasteiger partial charge in [0.2, 0.25) is 0 Å². The highest BCUT2D eigenvalue weighted by atomic mass is 32.1. The monoisotopic (exact) mass is 417 g/mol. The molecular weight excluding hydrogens is 398 g/mol. The number of hydrogen-bond donors (Lipinski definition) is 1. The lowest BCUT2D eigenvalue weighted by Gasteiger charge is -2.26. The van der Waals surface area contributed by atoms with Crippen LogP contribution in [0.5, 0.6) is 0 Å². The first kappa shape index (κ1) is 19.0. The molecular formula is C19H19N3O4S2. The fourth-order valence-corrected chi connectivity index (χ4v) is 4.72. The van der Waals surface area contributed by atoms with Crippen molar-refractivity contribution in [3.05, 3.63) is 45.1 Å². The number of anilines is 1. The topological polar surface area (TPSA) is 80.8 Å². The summed E-state index contributed by atoms with van der Waals surface area (Å²) in [5, 5.41) is 5.44. The Morgan fingerprint density at radius 1 is 1.29 bits per heavy atom. The molecule has 0 saturated carbocycles. The molecule has 146 valence electrons. The molecule has 3 aromatic rings. The maximum atomic E-state index is 12.5. The summed E-state index contributed by atoms with van der Waals surface area (Å²) in [6, 6.07) is 7.40. The first-order valence-electron chi connectivity index (χ1n) is 8.81. The molecule has 4 rings (SSSR count). The second kappa shape index (κ2) is 8.36. The van der Waals surface area contributed by atoms with Crippen molar-refractivity contribution in [1.29, 1.82) is 0 Å². The Morgan fingerprint density at radius 2 is 2.11 bits per heavy atom. The lowest BCUT2D eigenvalue weighted by Crippen LogP contribution is -2.35. The van der Waals surface area contributed by atoms with Gasteiger partial charge in [-0.15, -0.1) is 22.7 Å². The van der Waals surface area contributed by atoms with Crippen LogP contribution in [0.25, 0.3) is 10.2 Å². The molecule has 9 heteroatoms. The van der Waals surface area contributed by atoms with Gasteiger partial charge in [0.25, 0.3) is 5.91 Å². The maximum Gasteiger partial charge on any atom is 0.350 e. The average molecular weight is 418 g/mol. The van der Waals surface area contributed by atoms with Gasteiger partial charge in [0.05, 0.1) is 36.6 Å². The van der Waals surface area contributed by atoms with Crippen LogP contribution in [0.3, 0.4) is 0 Å². The van der Waals surface area contributed by atoms with Crippen LogP contribution in [-0.2, 0) is 16.0 Å². The van der Waals surface area contributed by atoms with Crippen LogP contribution in [0.15, 0.2) is 29.6 Å². The van der Waals surface area contributed by atoms with Gasteiger partial charge < -0.3 is 14.8 Å². The summed E-state index contributed by atoms with van der Waals surface area (Å²) in [5.41, 5.74) is 1.37. The zero-order valence-electron chi connectivity index (χ0n) is 15.3. The molecule has 28 heavy (non-hydrogen) atoms. The number of methoxy groups -OCH3 is 1. The SMILES string of the molecule is COC(=O)c1sc2nc(CN3CCOCC3)ccc2c1NC(=O)c1cccs1. The number of pyridine rings is 1.